The van der Waals surface area contributed by atoms with Crippen molar-refractivity contribution in [3.63, 3.8) is 0 Å². The summed E-state index contributed by atoms with van der Waals surface area (Å²) in [5.41, 5.74) is 1.06. The number of halogens is 1. The van der Waals surface area contributed by atoms with Crippen LogP contribution >= 0.6 is 0 Å². The van der Waals surface area contributed by atoms with E-state index in [1.807, 2.05) is 6.92 Å². The summed E-state index contributed by atoms with van der Waals surface area (Å²) in [4.78, 5) is 13.6. The molecule has 1 aliphatic heterocycles. The molecule has 0 spiro atoms. The molecule has 1 aromatic carbocycles. The molecule has 2 atom stereocenters. The lowest BCUT2D eigenvalue weighted by Gasteiger charge is -2.34. The number of hydrogen-bond acceptors (Lipinski definition) is 2. The van der Waals surface area contributed by atoms with E-state index in [9.17, 15) is 14.3 Å². The van der Waals surface area contributed by atoms with Crippen LogP contribution in [0.15, 0.2) is 18.2 Å². The summed E-state index contributed by atoms with van der Waals surface area (Å²) in [6.45, 7) is 4.60. The van der Waals surface area contributed by atoms with E-state index >= 15 is 0 Å². The van der Waals surface area contributed by atoms with Crippen molar-refractivity contribution in [2.24, 2.45) is 5.92 Å². The number of piperidine rings is 1. The van der Waals surface area contributed by atoms with Gasteiger partial charge in [-0.3, -0.25) is 0 Å². The highest BCUT2D eigenvalue weighted by Crippen LogP contribution is 2.19. The number of amides is 2. The fraction of sp³-hybridized carbons (Fsp3) is 0.500. The van der Waals surface area contributed by atoms with E-state index in [4.69, 9.17) is 0 Å². The molecular formula is C14H19FN2O2. The molecule has 5 heteroatoms. The smallest absolute Gasteiger partial charge is 0.321 e. The lowest BCUT2D eigenvalue weighted by Crippen LogP contribution is -2.47. The van der Waals surface area contributed by atoms with Crippen LogP contribution in [0.1, 0.15) is 18.9 Å². The number of likely N-dealkylation sites (tertiary alicyclic amines) is 1. The molecule has 0 radical (unpaired) electrons. The minimum atomic E-state index is -0.477. The highest BCUT2D eigenvalue weighted by atomic mass is 19.1. The Morgan fingerprint density at radius 3 is 2.89 bits per heavy atom. The van der Waals surface area contributed by atoms with Gasteiger partial charge in [0.15, 0.2) is 0 Å². The quantitative estimate of drug-likeness (QED) is 0.820. The number of β-amino-alcohol motifs (C(OH)–C–C–N with tert-alkyl or cyclic N) is 1. The molecule has 19 heavy (non-hydrogen) atoms. The van der Waals surface area contributed by atoms with Gasteiger partial charge in [-0.05, 0) is 43.0 Å². The maximum atomic E-state index is 13.1. The van der Waals surface area contributed by atoms with Crippen molar-refractivity contribution in [1.82, 2.24) is 4.90 Å². The summed E-state index contributed by atoms with van der Waals surface area (Å²) in [6, 6.07) is 4.20. The predicted octanol–water partition coefficient (Wildman–Crippen LogP) is 2.37. The van der Waals surface area contributed by atoms with Crippen molar-refractivity contribution in [3.8, 4) is 0 Å². The van der Waals surface area contributed by atoms with E-state index in [-0.39, 0.29) is 17.8 Å². The van der Waals surface area contributed by atoms with Gasteiger partial charge in [-0.2, -0.15) is 0 Å². The molecule has 1 aliphatic rings. The van der Waals surface area contributed by atoms with Gasteiger partial charge >= 0.3 is 6.03 Å². The predicted molar refractivity (Wildman–Crippen MR) is 71.5 cm³/mol. The van der Waals surface area contributed by atoms with Crippen LogP contribution in [0, 0.1) is 18.7 Å². The summed E-state index contributed by atoms with van der Waals surface area (Å²) in [6.07, 6.45) is 0.311. The van der Waals surface area contributed by atoms with Crippen LogP contribution in [0.3, 0.4) is 0 Å². The Hall–Kier alpha value is -1.62. The molecule has 0 aliphatic carbocycles. The van der Waals surface area contributed by atoms with Crippen LogP contribution in [0.2, 0.25) is 0 Å². The van der Waals surface area contributed by atoms with E-state index < -0.39 is 6.10 Å². The zero-order valence-electron chi connectivity index (χ0n) is 11.2. The maximum Gasteiger partial charge on any atom is 0.321 e. The third kappa shape index (κ3) is 3.23. The van der Waals surface area contributed by atoms with Gasteiger partial charge < -0.3 is 15.3 Å². The zero-order valence-corrected chi connectivity index (χ0v) is 11.2. The maximum absolute atomic E-state index is 13.1. The van der Waals surface area contributed by atoms with Gasteiger partial charge in [0.2, 0.25) is 0 Å². The van der Waals surface area contributed by atoms with E-state index in [1.165, 1.54) is 12.1 Å². The first-order valence-corrected chi connectivity index (χ1v) is 6.47. The average Bonchev–Trinajstić information content (AvgIpc) is 2.37. The molecule has 2 N–H and O–H groups in total. The van der Waals surface area contributed by atoms with Crippen molar-refractivity contribution >= 4 is 11.7 Å². The number of nitrogens with zero attached hydrogens (tertiary/aromatic N) is 1. The molecule has 104 valence electrons. The molecule has 0 bridgehead atoms. The fourth-order valence-corrected chi connectivity index (χ4v) is 2.16. The first kappa shape index (κ1) is 13.8. The third-order valence-electron chi connectivity index (χ3n) is 3.62. The monoisotopic (exact) mass is 266 g/mol. The van der Waals surface area contributed by atoms with Crippen LogP contribution in [0.5, 0.6) is 0 Å². The number of aliphatic hydroxyl groups is 1. The number of urea groups is 1. The van der Waals surface area contributed by atoms with E-state index in [2.05, 4.69) is 5.32 Å². The normalized spacial score (nSPS) is 23.3. The number of anilines is 1. The molecular weight excluding hydrogens is 247 g/mol. The highest BCUT2D eigenvalue weighted by Gasteiger charge is 2.27. The lowest BCUT2D eigenvalue weighted by atomic mass is 9.96. The summed E-state index contributed by atoms with van der Waals surface area (Å²) >= 11 is 0. The number of aryl methyl sites for hydroxylation is 1. The second kappa shape index (κ2) is 5.57. The van der Waals surface area contributed by atoms with Crippen LogP contribution in [-0.4, -0.2) is 35.2 Å². The highest BCUT2D eigenvalue weighted by molar-refractivity contribution is 5.89. The number of rotatable bonds is 1. The SMILES string of the molecule is Cc1cc(NC(=O)N2CCC(C)C(O)C2)ccc1F. The molecule has 2 rings (SSSR count). The second-order valence-corrected chi connectivity index (χ2v) is 5.17. The Morgan fingerprint density at radius 2 is 2.26 bits per heavy atom. The van der Waals surface area contributed by atoms with Crippen molar-refractivity contribution in [2.75, 3.05) is 18.4 Å². The van der Waals surface area contributed by atoms with Gasteiger partial charge in [-0.1, -0.05) is 6.92 Å². The van der Waals surface area contributed by atoms with Crippen LogP contribution in [0.4, 0.5) is 14.9 Å². The molecule has 1 fully saturated rings. The number of aliphatic hydroxyl groups excluding tert-OH is 1. The third-order valence-corrected chi connectivity index (χ3v) is 3.62. The molecule has 1 saturated heterocycles. The summed E-state index contributed by atoms with van der Waals surface area (Å²) < 4.78 is 13.1. The van der Waals surface area contributed by atoms with Gasteiger partial charge in [0.25, 0.3) is 0 Å². The molecule has 2 unspecified atom stereocenters. The first-order chi connectivity index (χ1) is 8.97. The number of hydrogen-bond donors (Lipinski definition) is 2. The van der Waals surface area contributed by atoms with Crippen molar-refractivity contribution in [3.05, 3.63) is 29.6 Å². The molecule has 2 amide bonds. The van der Waals surface area contributed by atoms with E-state index in [0.29, 0.717) is 24.3 Å². The Labute approximate surface area is 112 Å². The summed E-state index contributed by atoms with van der Waals surface area (Å²) in [5, 5.41) is 12.5. The lowest BCUT2D eigenvalue weighted by molar-refractivity contribution is 0.0464. The molecule has 4 nitrogen and oxygen atoms in total. The van der Waals surface area contributed by atoms with Gasteiger partial charge in [0.05, 0.1) is 6.10 Å². The van der Waals surface area contributed by atoms with Crippen molar-refractivity contribution < 1.29 is 14.3 Å². The average molecular weight is 266 g/mol. The van der Waals surface area contributed by atoms with Crippen molar-refractivity contribution in [2.45, 2.75) is 26.4 Å². The van der Waals surface area contributed by atoms with Crippen molar-refractivity contribution in [1.29, 1.82) is 0 Å². The number of carbonyl (C=O) groups is 1. The first-order valence-electron chi connectivity index (χ1n) is 6.47. The topological polar surface area (TPSA) is 52.6 Å². The van der Waals surface area contributed by atoms with E-state index in [1.54, 1.807) is 17.9 Å². The standard InChI is InChI=1S/C14H19FN2O2/c1-9-5-6-17(8-13(9)18)14(19)16-11-3-4-12(15)10(2)7-11/h3-4,7,9,13,18H,5-6,8H2,1-2H3,(H,16,19). The zero-order chi connectivity index (χ0) is 14.0. The van der Waals surface area contributed by atoms with Gasteiger partial charge in [-0.15, -0.1) is 0 Å². The Morgan fingerprint density at radius 1 is 1.53 bits per heavy atom. The largest absolute Gasteiger partial charge is 0.391 e. The summed E-state index contributed by atoms with van der Waals surface area (Å²) in [5.74, 6) is -0.0719. The number of carbonyl (C=O) groups excluding carboxylic acids is 1. The molecule has 1 heterocycles. The van der Waals surface area contributed by atoms with Crippen LogP contribution < -0.4 is 5.32 Å². The minimum Gasteiger partial charge on any atom is -0.391 e. The molecule has 0 aromatic heterocycles. The molecule has 1 aromatic rings. The Balaban J connectivity index is 1.99. The van der Waals surface area contributed by atoms with E-state index in [0.717, 1.165) is 6.42 Å². The van der Waals surface area contributed by atoms with Gasteiger partial charge in [-0.25, -0.2) is 9.18 Å². The fourth-order valence-electron chi connectivity index (χ4n) is 2.16. The molecule has 0 saturated carbocycles. The van der Waals surface area contributed by atoms with Gasteiger partial charge in [0.1, 0.15) is 5.82 Å². The second-order valence-electron chi connectivity index (χ2n) is 5.17. The van der Waals surface area contributed by atoms with Gasteiger partial charge in [0, 0.05) is 18.8 Å². The minimum absolute atomic E-state index is 0.220. The number of benzene rings is 1. The summed E-state index contributed by atoms with van der Waals surface area (Å²) in [7, 11) is 0. The Kier molecular flexibility index (Phi) is 4.04. The van der Waals surface area contributed by atoms with Crippen LogP contribution in [-0.2, 0) is 0 Å². The Bertz CT molecular complexity index is 479. The number of nitrogens with one attached hydrogen (secondary N) is 1. The van der Waals surface area contributed by atoms with Crippen LogP contribution in [0.25, 0.3) is 0 Å².